The normalized spacial score (nSPS) is 11.0. The Labute approximate surface area is 145 Å². The number of carbonyl (C=O) groups excluding carboxylic acids is 1. The van der Waals surface area contributed by atoms with Gasteiger partial charge in [-0.25, -0.2) is 9.67 Å². The van der Waals surface area contributed by atoms with Crippen molar-refractivity contribution in [2.75, 3.05) is 13.1 Å². The van der Waals surface area contributed by atoms with Crippen LogP contribution in [-0.2, 0) is 0 Å². The van der Waals surface area contributed by atoms with E-state index in [4.69, 9.17) is 28.9 Å². The number of halogens is 2. The minimum Gasteiger partial charge on any atom is -0.349 e. The molecule has 3 N–H and O–H groups in total. The molecule has 0 radical (unpaired) electrons. The molecule has 0 atom stereocenters. The van der Waals surface area contributed by atoms with E-state index in [1.807, 2.05) is 13.8 Å². The Morgan fingerprint density at radius 1 is 1.35 bits per heavy atom. The van der Waals surface area contributed by atoms with Crippen molar-refractivity contribution in [1.29, 1.82) is 0 Å². The van der Waals surface area contributed by atoms with Crippen molar-refractivity contribution in [2.45, 2.75) is 26.2 Å². The number of amides is 1. The molecule has 124 valence electrons. The molecule has 0 aliphatic heterocycles. The fourth-order valence-electron chi connectivity index (χ4n) is 2.03. The number of benzene rings is 1. The molecular weight excluding hydrogens is 337 g/mol. The second-order valence-corrected chi connectivity index (χ2v) is 6.14. The Morgan fingerprint density at radius 3 is 2.57 bits per heavy atom. The molecule has 1 aromatic heterocycles. The van der Waals surface area contributed by atoms with Gasteiger partial charge in [-0.3, -0.25) is 4.79 Å². The maximum absolute atomic E-state index is 12.2. The first-order valence-electron chi connectivity index (χ1n) is 7.35. The van der Waals surface area contributed by atoms with Crippen LogP contribution in [0.15, 0.2) is 18.2 Å². The maximum Gasteiger partial charge on any atom is 0.290 e. The fourth-order valence-corrected chi connectivity index (χ4v) is 2.59. The molecule has 0 saturated carbocycles. The first-order chi connectivity index (χ1) is 11.0. The fraction of sp³-hybridized carbons (Fsp3) is 0.400. The number of aromatic nitrogens is 3. The van der Waals surface area contributed by atoms with Crippen LogP contribution in [0.4, 0.5) is 0 Å². The molecule has 0 aliphatic rings. The average Bonchev–Trinajstić information content (AvgIpc) is 2.92. The molecule has 1 amide bonds. The molecule has 0 spiro atoms. The predicted molar refractivity (Wildman–Crippen MR) is 91.5 cm³/mol. The summed E-state index contributed by atoms with van der Waals surface area (Å²) in [6, 6.07) is 5.19. The van der Waals surface area contributed by atoms with E-state index in [0.717, 1.165) is 0 Å². The van der Waals surface area contributed by atoms with E-state index in [0.29, 0.717) is 41.1 Å². The van der Waals surface area contributed by atoms with Gasteiger partial charge >= 0.3 is 0 Å². The SMILES string of the molecule is CC(C)c1nc(C(=O)NCCCN)nn1-c1c(Cl)cccc1Cl. The molecule has 1 aromatic carbocycles. The van der Waals surface area contributed by atoms with Gasteiger partial charge in [-0.15, -0.1) is 5.10 Å². The van der Waals surface area contributed by atoms with Crippen LogP contribution < -0.4 is 11.1 Å². The number of para-hydroxylation sites is 1. The number of nitrogens with zero attached hydrogens (tertiary/aromatic N) is 3. The first kappa shape index (κ1) is 17.7. The van der Waals surface area contributed by atoms with Crippen LogP contribution in [0, 0.1) is 0 Å². The van der Waals surface area contributed by atoms with Crippen LogP contribution in [0.2, 0.25) is 10.0 Å². The number of hydrogen-bond donors (Lipinski definition) is 2. The van der Waals surface area contributed by atoms with Gasteiger partial charge in [0.2, 0.25) is 5.82 Å². The van der Waals surface area contributed by atoms with Crippen molar-refractivity contribution < 1.29 is 4.79 Å². The number of hydrogen-bond acceptors (Lipinski definition) is 4. The van der Waals surface area contributed by atoms with Crippen LogP contribution in [0.3, 0.4) is 0 Å². The molecule has 0 fully saturated rings. The summed E-state index contributed by atoms with van der Waals surface area (Å²) < 4.78 is 1.53. The zero-order valence-electron chi connectivity index (χ0n) is 13.0. The number of rotatable bonds is 6. The Kier molecular flexibility index (Phi) is 5.98. The minimum atomic E-state index is -0.345. The third-order valence-corrected chi connectivity index (χ3v) is 3.78. The lowest BCUT2D eigenvalue weighted by atomic mass is 10.2. The molecule has 1 heterocycles. The molecule has 0 bridgehead atoms. The van der Waals surface area contributed by atoms with Gasteiger partial charge in [0.25, 0.3) is 5.91 Å². The molecular formula is C15H19Cl2N5O. The number of nitrogens with two attached hydrogens (primary N) is 1. The van der Waals surface area contributed by atoms with E-state index in [1.54, 1.807) is 18.2 Å². The highest BCUT2D eigenvalue weighted by atomic mass is 35.5. The quantitative estimate of drug-likeness (QED) is 0.780. The summed E-state index contributed by atoms with van der Waals surface area (Å²) in [5.74, 6) is 0.397. The van der Waals surface area contributed by atoms with Gasteiger partial charge in [0.05, 0.1) is 10.0 Å². The smallest absolute Gasteiger partial charge is 0.290 e. The molecule has 6 nitrogen and oxygen atoms in total. The molecule has 8 heteroatoms. The molecule has 0 aliphatic carbocycles. The largest absolute Gasteiger partial charge is 0.349 e. The highest BCUT2D eigenvalue weighted by molar-refractivity contribution is 6.37. The van der Waals surface area contributed by atoms with Crippen molar-refractivity contribution in [3.8, 4) is 5.69 Å². The highest BCUT2D eigenvalue weighted by Crippen LogP contribution is 2.30. The summed E-state index contributed by atoms with van der Waals surface area (Å²) in [6.07, 6.45) is 0.694. The van der Waals surface area contributed by atoms with Crippen LogP contribution in [-0.4, -0.2) is 33.8 Å². The van der Waals surface area contributed by atoms with Gasteiger partial charge in [0.1, 0.15) is 11.5 Å². The van der Waals surface area contributed by atoms with Gasteiger partial charge < -0.3 is 11.1 Å². The first-order valence-corrected chi connectivity index (χ1v) is 8.11. The van der Waals surface area contributed by atoms with Crippen molar-refractivity contribution in [1.82, 2.24) is 20.1 Å². The van der Waals surface area contributed by atoms with Gasteiger partial charge in [-0.2, -0.15) is 0 Å². The summed E-state index contributed by atoms with van der Waals surface area (Å²) in [5, 5.41) is 7.92. The number of carbonyl (C=O) groups is 1. The zero-order chi connectivity index (χ0) is 17.0. The topological polar surface area (TPSA) is 85.8 Å². The Morgan fingerprint density at radius 2 is 2.00 bits per heavy atom. The van der Waals surface area contributed by atoms with Crippen LogP contribution in [0.5, 0.6) is 0 Å². The molecule has 2 aromatic rings. The predicted octanol–water partition coefficient (Wildman–Crippen LogP) is 2.78. The van der Waals surface area contributed by atoms with E-state index >= 15 is 0 Å². The summed E-state index contributed by atoms with van der Waals surface area (Å²) in [5.41, 5.74) is 5.94. The van der Waals surface area contributed by atoms with Crippen LogP contribution >= 0.6 is 23.2 Å². The molecule has 0 unspecified atom stereocenters. The average molecular weight is 356 g/mol. The van der Waals surface area contributed by atoms with Gasteiger partial charge in [0, 0.05) is 12.5 Å². The Balaban J connectivity index is 2.42. The van der Waals surface area contributed by atoms with E-state index in [2.05, 4.69) is 15.4 Å². The summed E-state index contributed by atoms with van der Waals surface area (Å²) in [4.78, 5) is 16.5. The van der Waals surface area contributed by atoms with Crippen LogP contribution in [0.25, 0.3) is 5.69 Å². The van der Waals surface area contributed by atoms with Crippen molar-refractivity contribution >= 4 is 29.1 Å². The third kappa shape index (κ3) is 4.02. The van der Waals surface area contributed by atoms with Gasteiger partial charge in [-0.05, 0) is 25.1 Å². The van der Waals surface area contributed by atoms with E-state index in [1.165, 1.54) is 4.68 Å². The lowest BCUT2D eigenvalue weighted by molar-refractivity contribution is 0.0943. The Hall–Kier alpha value is -1.63. The lowest BCUT2D eigenvalue weighted by Gasteiger charge is -2.11. The second-order valence-electron chi connectivity index (χ2n) is 5.33. The van der Waals surface area contributed by atoms with Crippen molar-refractivity contribution in [2.24, 2.45) is 5.73 Å². The van der Waals surface area contributed by atoms with E-state index < -0.39 is 0 Å². The number of nitrogens with one attached hydrogen (secondary N) is 1. The molecule has 0 saturated heterocycles. The summed E-state index contributed by atoms with van der Waals surface area (Å²) in [6.45, 7) is 4.91. The Bertz CT molecular complexity index is 679. The third-order valence-electron chi connectivity index (χ3n) is 3.17. The van der Waals surface area contributed by atoms with E-state index in [9.17, 15) is 4.79 Å². The second kappa shape index (κ2) is 7.77. The molecule has 2 rings (SSSR count). The van der Waals surface area contributed by atoms with E-state index in [-0.39, 0.29) is 17.6 Å². The van der Waals surface area contributed by atoms with Gasteiger partial charge in [-0.1, -0.05) is 43.1 Å². The highest BCUT2D eigenvalue weighted by Gasteiger charge is 2.21. The van der Waals surface area contributed by atoms with Crippen molar-refractivity contribution in [3.05, 3.63) is 39.9 Å². The lowest BCUT2D eigenvalue weighted by Crippen LogP contribution is -2.27. The standard InChI is InChI=1S/C15H19Cl2N5O/c1-9(2)14-20-13(15(23)19-8-4-7-18)21-22(14)12-10(16)5-3-6-11(12)17/h3,5-6,9H,4,7-8,18H2,1-2H3,(H,19,23). The van der Waals surface area contributed by atoms with Crippen LogP contribution in [0.1, 0.15) is 42.6 Å². The minimum absolute atomic E-state index is 0.0421. The molecule has 23 heavy (non-hydrogen) atoms. The summed E-state index contributed by atoms with van der Waals surface area (Å²) >= 11 is 12.5. The summed E-state index contributed by atoms with van der Waals surface area (Å²) in [7, 11) is 0. The monoisotopic (exact) mass is 355 g/mol. The zero-order valence-corrected chi connectivity index (χ0v) is 14.5. The van der Waals surface area contributed by atoms with Crippen molar-refractivity contribution in [3.63, 3.8) is 0 Å². The maximum atomic E-state index is 12.2. The van der Waals surface area contributed by atoms with Gasteiger partial charge in [0.15, 0.2) is 0 Å².